The van der Waals surface area contributed by atoms with Crippen LogP contribution in [-0.4, -0.2) is 174 Å². The number of carbonyl (C=O) groups is 3. The molecule has 5 aliphatic heterocycles. The third-order valence-electron chi connectivity index (χ3n) is 23.8. The van der Waals surface area contributed by atoms with Crippen LogP contribution in [0.15, 0.2) is 36.4 Å². The second-order valence-corrected chi connectivity index (χ2v) is 32.2. The van der Waals surface area contributed by atoms with Crippen LogP contribution in [0.5, 0.6) is 17.2 Å². The van der Waals surface area contributed by atoms with Crippen molar-refractivity contribution in [3.8, 4) is 29.1 Å². The topological polar surface area (TPSA) is 243 Å². The average molecular weight is 1300 g/mol. The lowest BCUT2D eigenvalue weighted by atomic mass is 9.51. The predicted molar refractivity (Wildman–Crippen MR) is 358 cm³/mol. The van der Waals surface area contributed by atoms with E-state index in [1.165, 1.54) is 6.92 Å². The van der Waals surface area contributed by atoms with Crippen molar-refractivity contribution in [2.75, 3.05) is 90.7 Å². The number of hydrogen-bond donors (Lipinski definition) is 10. The maximum Gasteiger partial charge on any atom is 0.332 e. The fraction of sp³-hybridized carbons (Fsp3) is 0.764. The normalized spacial score (nSPS) is 34.2. The maximum absolute atomic E-state index is 16.0. The fourth-order valence-corrected chi connectivity index (χ4v) is 21.8. The molecule has 0 bridgehead atoms. The average Bonchev–Trinajstić information content (AvgIpc) is 1.37. The molecule has 19 heteroatoms. The lowest BCUT2D eigenvalue weighted by Crippen LogP contribution is -2.65. The van der Waals surface area contributed by atoms with Gasteiger partial charge in [0.15, 0.2) is 11.5 Å². The highest BCUT2D eigenvalue weighted by Crippen LogP contribution is 2.65. The number of phenolic OH excluding ortho intramolecular Hbond substituents is 2. The lowest BCUT2D eigenvalue weighted by Gasteiger charge is -2.56. The predicted octanol–water partition coefficient (Wildman–Crippen LogP) is 8.33. The van der Waals surface area contributed by atoms with Crippen molar-refractivity contribution in [3.63, 3.8) is 0 Å². The molecule has 0 aromatic heterocycles. The molecule has 4 aliphatic carbocycles. The quantitative estimate of drug-likeness (QED) is 0.0383. The van der Waals surface area contributed by atoms with Gasteiger partial charge in [-0.15, -0.1) is 5.92 Å². The number of aromatic hydroxyl groups is 2. The van der Waals surface area contributed by atoms with E-state index in [0.29, 0.717) is 114 Å². The summed E-state index contributed by atoms with van der Waals surface area (Å²) in [5.74, 6) is 7.72. The van der Waals surface area contributed by atoms with Crippen molar-refractivity contribution in [1.29, 1.82) is 0 Å². The van der Waals surface area contributed by atoms with E-state index < -0.39 is 52.7 Å². The van der Waals surface area contributed by atoms with E-state index in [9.17, 15) is 35.1 Å². The zero-order valence-corrected chi connectivity index (χ0v) is 56.3. The van der Waals surface area contributed by atoms with Crippen LogP contribution < -0.4 is 31.3 Å². The van der Waals surface area contributed by atoms with Crippen LogP contribution in [0.1, 0.15) is 177 Å². The van der Waals surface area contributed by atoms with E-state index >= 15 is 4.79 Å². The van der Waals surface area contributed by atoms with Crippen molar-refractivity contribution in [3.05, 3.63) is 53.1 Å². The molecule has 504 valence electrons. The number of aliphatic hydroxyl groups excluding tert-OH is 2. The summed E-state index contributed by atoms with van der Waals surface area (Å²) in [5.41, 5.74) is -0.391. The molecule has 1 amide bonds. The number of piperidine rings is 2. The van der Waals surface area contributed by atoms with Crippen LogP contribution in [0.2, 0.25) is 0 Å². The Hall–Kier alpha value is -3.81. The molecular weight excluding hydrogens is 1190 g/mol. The number of phenols is 2. The molecule has 2 aromatic carbocycles. The highest BCUT2D eigenvalue weighted by molar-refractivity contribution is 8.76. The number of nitrogens with zero attached hydrogens (tertiary/aromatic N) is 1. The molecule has 2 saturated carbocycles. The molecule has 15 unspecified atom stereocenters. The van der Waals surface area contributed by atoms with Gasteiger partial charge in [-0.3, -0.25) is 9.59 Å². The van der Waals surface area contributed by atoms with Gasteiger partial charge in [0.2, 0.25) is 5.91 Å². The maximum atomic E-state index is 16.0. The summed E-state index contributed by atoms with van der Waals surface area (Å²) in [6, 6.07) is 11.1. The minimum Gasteiger partial charge on any atom is -0.508 e. The first-order valence-electron chi connectivity index (χ1n) is 35.2. The molecule has 15 atom stereocenters. The van der Waals surface area contributed by atoms with Crippen molar-refractivity contribution >= 4 is 39.4 Å². The summed E-state index contributed by atoms with van der Waals surface area (Å²) in [4.78, 5) is 46.3. The van der Waals surface area contributed by atoms with Crippen molar-refractivity contribution in [2.45, 2.75) is 202 Å². The molecule has 91 heavy (non-hydrogen) atoms. The first kappa shape index (κ1) is 68.6. The van der Waals surface area contributed by atoms with Gasteiger partial charge < -0.3 is 71.2 Å². The number of ether oxygens (including phenoxy) is 3. The molecule has 5 heterocycles. The Kier molecular flexibility index (Phi) is 23.3. The third kappa shape index (κ3) is 15.9. The summed E-state index contributed by atoms with van der Waals surface area (Å²) >= 11 is 0. The summed E-state index contributed by atoms with van der Waals surface area (Å²) in [7, 11) is 5.32. The van der Waals surface area contributed by atoms with E-state index in [1.807, 2.05) is 26.1 Å². The van der Waals surface area contributed by atoms with Gasteiger partial charge in [-0.05, 0) is 202 Å². The van der Waals surface area contributed by atoms with Gasteiger partial charge in [0.1, 0.15) is 23.5 Å². The van der Waals surface area contributed by atoms with Crippen molar-refractivity contribution in [1.82, 2.24) is 31.5 Å². The van der Waals surface area contributed by atoms with Crippen molar-refractivity contribution in [2.24, 2.45) is 52.3 Å². The standard InChI is InChI=1S/C72H108N6O11S2/c1-47(80)88-62-40-63(89-68(85)72-26-5-4-11-53(72)14-21-64(84)77-72)71(27-30-74-31-28-71)66-51(39-57-58(70(45-79)24-6-7-25-70)43-87-67-61(83)20-18-56(66)65(57)67)9-8-10-52-41-69(2,86)46-91-90-44-59(60(82)19-17-55(52)62)76-42-50(37-48-12-15-54(81)16-13-48)38-49(22-29-73-3)23-34-78-35-32-75-33-36-78/h12-13,15-16,18,20,49-53,55,57-60,62-63,66,73-76,79,81-83,86H,4-7,10-11,14,17,19,21-46H2,1-3H3,(H,77,84). The number of benzene rings is 2. The van der Waals surface area contributed by atoms with Gasteiger partial charge in [-0.1, -0.05) is 71.4 Å². The Labute approximate surface area is 549 Å². The summed E-state index contributed by atoms with van der Waals surface area (Å²) < 4.78 is 21.0. The molecule has 2 aromatic rings. The van der Waals surface area contributed by atoms with Gasteiger partial charge in [0.25, 0.3) is 0 Å². The number of fused-ring (bicyclic) bond motifs is 5. The summed E-state index contributed by atoms with van der Waals surface area (Å²) in [6.45, 7) is 11.8. The van der Waals surface area contributed by atoms with Crippen molar-refractivity contribution < 1.29 is 54.1 Å². The zero-order chi connectivity index (χ0) is 63.8. The number of carbonyl (C=O) groups excluding carboxylic acids is 3. The SMILES string of the molecule is CNCCC(CCN1CCNCC1)CC(CNC1CSSCC(C)(O)CC2CC#CC3CC4c5c(ccc(O)c5OCC4C4(CO)CCCC4)C3C3(CCNCC3)C(OC(=O)C34CCCCC3CCC(=O)N4)CC(OC(C)=O)C2CCC1O)Cc1ccc(O)cc1. The molecule has 11 rings (SSSR count). The molecule has 4 saturated heterocycles. The zero-order valence-electron chi connectivity index (χ0n) is 54.7. The van der Waals surface area contributed by atoms with Gasteiger partial charge in [-0.2, -0.15) is 0 Å². The number of esters is 2. The Morgan fingerprint density at radius 3 is 2.43 bits per heavy atom. The number of hydrogen-bond acceptors (Lipinski definition) is 18. The Morgan fingerprint density at radius 1 is 0.901 bits per heavy atom. The number of piperazine rings is 1. The molecule has 17 nitrogen and oxygen atoms in total. The highest BCUT2D eigenvalue weighted by atomic mass is 33.1. The first-order valence-corrected chi connectivity index (χ1v) is 37.7. The van der Waals surface area contributed by atoms with Gasteiger partial charge >= 0.3 is 11.9 Å². The number of amides is 1. The monoisotopic (exact) mass is 1300 g/mol. The van der Waals surface area contributed by atoms with Gasteiger partial charge in [-0.25, -0.2) is 4.79 Å². The Morgan fingerprint density at radius 2 is 1.67 bits per heavy atom. The number of rotatable bonds is 18. The lowest BCUT2D eigenvalue weighted by molar-refractivity contribution is -0.183. The summed E-state index contributed by atoms with van der Waals surface area (Å²) in [6.07, 6.45) is 12.8. The van der Waals surface area contributed by atoms with E-state index in [2.05, 4.69) is 49.4 Å². The van der Waals surface area contributed by atoms with E-state index in [-0.39, 0.29) is 83.3 Å². The smallest absolute Gasteiger partial charge is 0.332 e. The Balaban J connectivity index is 0.970. The van der Waals surface area contributed by atoms with Crippen LogP contribution >= 0.6 is 21.6 Å². The van der Waals surface area contributed by atoms with Crippen LogP contribution in [0.25, 0.3) is 0 Å². The summed E-state index contributed by atoms with van der Waals surface area (Å²) in [5, 5.41) is 76.9. The molecule has 0 radical (unpaired) electrons. The van der Waals surface area contributed by atoms with E-state index in [0.717, 1.165) is 127 Å². The second-order valence-electron chi connectivity index (χ2n) is 29.7. The van der Waals surface area contributed by atoms with Crippen LogP contribution in [0, 0.1) is 64.1 Å². The van der Waals surface area contributed by atoms with Gasteiger partial charge in [0, 0.05) is 117 Å². The second kappa shape index (κ2) is 30.9. The van der Waals surface area contributed by atoms with E-state index in [4.69, 9.17) is 14.2 Å². The first-order chi connectivity index (χ1) is 44.0. The Bertz CT molecular complexity index is 2820. The number of aliphatic hydroxyl groups is 3. The third-order valence-corrected chi connectivity index (χ3v) is 26.5. The van der Waals surface area contributed by atoms with Crippen LogP contribution in [0.4, 0.5) is 0 Å². The minimum atomic E-state index is -1.21. The minimum absolute atomic E-state index is 0.0269. The van der Waals surface area contributed by atoms with Gasteiger partial charge in [0.05, 0.1) is 18.3 Å². The largest absolute Gasteiger partial charge is 0.508 e. The van der Waals surface area contributed by atoms with Crippen LogP contribution in [-0.2, 0) is 30.3 Å². The van der Waals surface area contributed by atoms with Crippen LogP contribution in [0.3, 0.4) is 0 Å². The molecule has 6 fully saturated rings. The molecular formula is C72H108N6O11S2. The molecule has 9 aliphatic rings. The highest BCUT2D eigenvalue weighted by Gasteiger charge is 2.61. The van der Waals surface area contributed by atoms with E-state index in [1.54, 1.807) is 39.8 Å². The molecule has 1 spiro atoms. The number of nitrogens with one attached hydrogen (secondary N) is 5. The fourth-order valence-electron chi connectivity index (χ4n) is 19.0. The molecule has 10 N–H and O–H groups in total.